The Hall–Kier alpha value is -3.38. The van der Waals surface area contributed by atoms with E-state index in [0.29, 0.717) is 11.3 Å². The summed E-state index contributed by atoms with van der Waals surface area (Å²) in [5.41, 5.74) is 2.14. The van der Waals surface area contributed by atoms with Gasteiger partial charge in [-0.15, -0.1) is 6.42 Å². The second-order valence-electron chi connectivity index (χ2n) is 4.83. The van der Waals surface area contributed by atoms with Crippen molar-refractivity contribution in [2.45, 2.75) is 0 Å². The van der Waals surface area contributed by atoms with Crippen molar-refractivity contribution in [3.8, 4) is 23.8 Å². The Kier molecular flexibility index (Phi) is 6.30. The van der Waals surface area contributed by atoms with E-state index < -0.39 is 16.6 Å². The summed E-state index contributed by atoms with van der Waals surface area (Å²) >= 11 is 3.31. The smallest absolute Gasteiger partial charge is 0.275 e. The Bertz CT molecular complexity index is 921. The monoisotopic (exact) mass is 417 g/mol. The Balaban J connectivity index is 2.17. The number of nitrogens with zero attached hydrogens (tertiary/aromatic N) is 2. The van der Waals surface area contributed by atoms with Gasteiger partial charge in [-0.1, -0.05) is 21.9 Å². The molecule has 2 aromatic rings. The molecule has 2 rings (SSSR count). The first kappa shape index (κ1) is 19.0. The lowest BCUT2D eigenvalue weighted by atomic mass is 10.1. The SMILES string of the molecule is C#CCOc1ccc(Br)cc1/C=N\NC(=O)c1cc([N+](=O)[O-])ccc1O. The highest BCUT2D eigenvalue weighted by Crippen LogP contribution is 2.23. The molecule has 0 saturated heterocycles. The number of phenols is 1. The van der Waals surface area contributed by atoms with Crippen LogP contribution in [0, 0.1) is 22.5 Å². The lowest BCUT2D eigenvalue weighted by Crippen LogP contribution is -2.18. The number of aromatic hydroxyl groups is 1. The number of rotatable bonds is 6. The molecular formula is C17H12BrN3O5. The Morgan fingerprint density at radius 3 is 2.88 bits per heavy atom. The average Bonchev–Trinajstić information content (AvgIpc) is 2.61. The number of benzene rings is 2. The van der Waals surface area contributed by atoms with Gasteiger partial charge in [0.05, 0.1) is 16.7 Å². The summed E-state index contributed by atoms with van der Waals surface area (Å²) in [6.07, 6.45) is 6.48. The third-order valence-electron chi connectivity index (χ3n) is 3.09. The fourth-order valence-corrected chi connectivity index (χ4v) is 2.29. The topological polar surface area (TPSA) is 114 Å². The molecule has 0 aliphatic heterocycles. The maximum atomic E-state index is 12.1. The summed E-state index contributed by atoms with van der Waals surface area (Å²) in [6.45, 7) is 0.0659. The zero-order valence-corrected chi connectivity index (χ0v) is 14.8. The Labute approximate surface area is 156 Å². The molecule has 0 bridgehead atoms. The maximum absolute atomic E-state index is 12.1. The van der Waals surface area contributed by atoms with Gasteiger partial charge in [0.15, 0.2) is 0 Å². The van der Waals surface area contributed by atoms with Gasteiger partial charge in [-0.25, -0.2) is 5.43 Å². The van der Waals surface area contributed by atoms with Gasteiger partial charge in [-0.3, -0.25) is 14.9 Å². The number of terminal acetylenes is 1. The summed E-state index contributed by atoms with van der Waals surface area (Å²) in [7, 11) is 0. The number of nitro groups is 1. The third-order valence-corrected chi connectivity index (χ3v) is 3.58. The van der Waals surface area contributed by atoms with Crippen LogP contribution in [0.2, 0.25) is 0 Å². The molecule has 0 aliphatic rings. The number of hydrogen-bond acceptors (Lipinski definition) is 6. The Morgan fingerprint density at radius 2 is 2.19 bits per heavy atom. The number of ether oxygens (including phenoxy) is 1. The second-order valence-corrected chi connectivity index (χ2v) is 5.75. The zero-order valence-electron chi connectivity index (χ0n) is 13.2. The first-order valence-corrected chi connectivity index (χ1v) is 7.88. The number of amides is 1. The number of hydrogen-bond donors (Lipinski definition) is 2. The summed E-state index contributed by atoms with van der Waals surface area (Å²) in [5, 5.41) is 24.3. The van der Waals surface area contributed by atoms with Crippen LogP contribution in [0.3, 0.4) is 0 Å². The van der Waals surface area contributed by atoms with Gasteiger partial charge in [-0.05, 0) is 24.3 Å². The van der Waals surface area contributed by atoms with E-state index in [1.165, 1.54) is 6.21 Å². The van der Waals surface area contributed by atoms with Gasteiger partial charge in [0.25, 0.3) is 11.6 Å². The van der Waals surface area contributed by atoms with E-state index in [1.807, 2.05) is 0 Å². The van der Waals surface area contributed by atoms with Gasteiger partial charge < -0.3 is 9.84 Å². The van der Waals surface area contributed by atoms with Gasteiger partial charge >= 0.3 is 0 Å². The number of carbonyl (C=O) groups is 1. The molecular weight excluding hydrogens is 406 g/mol. The highest BCUT2D eigenvalue weighted by molar-refractivity contribution is 9.10. The molecule has 2 aromatic carbocycles. The van der Waals surface area contributed by atoms with E-state index in [0.717, 1.165) is 22.7 Å². The molecule has 0 unspecified atom stereocenters. The highest BCUT2D eigenvalue weighted by atomic mass is 79.9. The van der Waals surface area contributed by atoms with Crippen molar-refractivity contribution in [1.29, 1.82) is 0 Å². The van der Waals surface area contributed by atoms with Crippen molar-refractivity contribution < 1.29 is 19.6 Å². The molecule has 2 N–H and O–H groups in total. The van der Waals surface area contributed by atoms with E-state index >= 15 is 0 Å². The van der Waals surface area contributed by atoms with Crippen LogP contribution in [0.15, 0.2) is 46.0 Å². The van der Waals surface area contributed by atoms with Gasteiger partial charge in [-0.2, -0.15) is 5.10 Å². The minimum atomic E-state index is -0.802. The number of non-ortho nitro benzene ring substituents is 1. The summed E-state index contributed by atoms with van der Waals surface area (Å²) in [6, 6.07) is 8.25. The molecule has 0 radical (unpaired) electrons. The van der Waals surface area contributed by atoms with Crippen molar-refractivity contribution >= 4 is 33.7 Å². The molecule has 132 valence electrons. The van der Waals surface area contributed by atoms with E-state index in [-0.39, 0.29) is 17.9 Å². The van der Waals surface area contributed by atoms with Crippen LogP contribution in [-0.4, -0.2) is 28.8 Å². The van der Waals surface area contributed by atoms with Crippen molar-refractivity contribution in [3.05, 3.63) is 62.1 Å². The van der Waals surface area contributed by atoms with Gasteiger partial charge in [0.2, 0.25) is 0 Å². The number of carbonyl (C=O) groups excluding carboxylic acids is 1. The van der Waals surface area contributed by atoms with Crippen LogP contribution in [0.1, 0.15) is 15.9 Å². The minimum Gasteiger partial charge on any atom is -0.507 e. The first-order chi connectivity index (χ1) is 12.4. The van der Waals surface area contributed by atoms with E-state index in [4.69, 9.17) is 11.2 Å². The molecule has 0 aliphatic carbocycles. The Morgan fingerprint density at radius 1 is 1.42 bits per heavy atom. The van der Waals surface area contributed by atoms with Crippen molar-refractivity contribution in [1.82, 2.24) is 5.43 Å². The summed E-state index contributed by atoms with van der Waals surface area (Å²) in [5.74, 6) is 1.60. The summed E-state index contributed by atoms with van der Waals surface area (Å²) in [4.78, 5) is 22.2. The van der Waals surface area contributed by atoms with Crippen molar-refractivity contribution in [3.63, 3.8) is 0 Å². The molecule has 0 heterocycles. The lowest BCUT2D eigenvalue weighted by molar-refractivity contribution is -0.384. The standard InChI is InChI=1S/C17H12BrN3O5/c1-2-7-26-16-6-3-12(18)8-11(16)10-19-20-17(23)14-9-13(21(24)25)4-5-15(14)22/h1,3-6,8-10,22H,7H2,(H,20,23)/b19-10-. The molecule has 0 spiro atoms. The second kappa shape index (κ2) is 8.64. The van der Waals surface area contributed by atoms with Crippen LogP contribution >= 0.6 is 15.9 Å². The normalized spacial score (nSPS) is 10.3. The third kappa shape index (κ3) is 4.81. The van der Waals surface area contributed by atoms with Crippen LogP contribution in [0.5, 0.6) is 11.5 Å². The van der Waals surface area contributed by atoms with Gasteiger partial charge in [0.1, 0.15) is 18.1 Å². The number of hydrazone groups is 1. The molecule has 0 fully saturated rings. The number of nitrogens with one attached hydrogen (secondary N) is 1. The molecule has 8 nitrogen and oxygen atoms in total. The summed E-state index contributed by atoms with van der Waals surface area (Å²) < 4.78 is 6.13. The number of phenolic OH excluding ortho intramolecular Hbond substituents is 1. The zero-order chi connectivity index (χ0) is 19.1. The van der Waals surface area contributed by atoms with E-state index in [2.05, 4.69) is 32.4 Å². The van der Waals surface area contributed by atoms with Crippen molar-refractivity contribution in [2.75, 3.05) is 6.61 Å². The first-order valence-electron chi connectivity index (χ1n) is 7.09. The van der Waals surface area contributed by atoms with Crippen LogP contribution in [0.4, 0.5) is 5.69 Å². The van der Waals surface area contributed by atoms with E-state index in [1.54, 1.807) is 18.2 Å². The molecule has 26 heavy (non-hydrogen) atoms. The molecule has 0 saturated carbocycles. The maximum Gasteiger partial charge on any atom is 0.275 e. The highest BCUT2D eigenvalue weighted by Gasteiger charge is 2.16. The molecule has 1 amide bonds. The lowest BCUT2D eigenvalue weighted by Gasteiger charge is -2.07. The average molecular weight is 418 g/mol. The van der Waals surface area contributed by atoms with Crippen molar-refractivity contribution in [2.24, 2.45) is 5.10 Å². The quantitative estimate of drug-likeness (QED) is 0.324. The molecule has 0 atom stereocenters. The fraction of sp³-hybridized carbons (Fsp3) is 0.0588. The van der Waals surface area contributed by atoms with Crippen LogP contribution in [-0.2, 0) is 0 Å². The van der Waals surface area contributed by atoms with E-state index in [9.17, 15) is 20.0 Å². The predicted molar refractivity (Wildman–Crippen MR) is 98.3 cm³/mol. The van der Waals surface area contributed by atoms with Gasteiger partial charge in [0, 0.05) is 22.2 Å². The largest absolute Gasteiger partial charge is 0.507 e. The number of halogens is 1. The number of nitro benzene ring substituents is 1. The predicted octanol–water partition coefficient (Wildman–Crippen LogP) is 2.84. The molecule has 9 heteroatoms. The van der Waals surface area contributed by atoms with Crippen LogP contribution < -0.4 is 10.2 Å². The van der Waals surface area contributed by atoms with Crippen LogP contribution in [0.25, 0.3) is 0 Å². The molecule has 0 aromatic heterocycles. The fourth-order valence-electron chi connectivity index (χ4n) is 1.91. The minimum absolute atomic E-state index is 0.0659.